The molecule has 2 N–H and O–H groups in total. The number of carbonyl (C=O) groups is 1. The van der Waals surface area contributed by atoms with Gasteiger partial charge in [0.1, 0.15) is 0 Å². The zero-order valence-corrected chi connectivity index (χ0v) is 12.5. The van der Waals surface area contributed by atoms with E-state index in [1.54, 1.807) is 26.4 Å². The third kappa shape index (κ3) is 4.49. The van der Waals surface area contributed by atoms with E-state index in [-0.39, 0.29) is 11.9 Å². The molecular weight excluding hydrogens is 268 g/mol. The molecular formula is C16H22N2O3. The van der Waals surface area contributed by atoms with E-state index >= 15 is 0 Å². The highest BCUT2D eigenvalue weighted by molar-refractivity contribution is 5.92. The summed E-state index contributed by atoms with van der Waals surface area (Å²) >= 11 is 0. The van der Waals surface area contributed by atoms with Crippen molar-refractivity contribution in [3.63, 3.8) is 0 Å². The van der Waals surface area contributed by atoms with Crippen LogP contribution in [0.5, 0.6) is 11.5 Å². The number of ether oxygens (including phenoxy) is 2. The maximum atomic E-state index is 11.9. The predicted molar refractivity (Wildman–Crippen MR) is 82.6 cm³/mol. The Hall–Kier alpha value is -2.01. The minimum atomic E-state index is -0.0586. The van der Waals surface area contributed by atoms with Gasteiger partial charge < -0.3 is 20.1 Å². The number of amides is 1. The molecule has 114 valence electrons. The van der Waals surface area contributed by atoms with Crippen LogP contribution < -0.4 is 20.1 Å². The second kappa shape index (κ2) is 7.69. The van der Waals surface area contributed by atoms with Crippen LogP contribution in [0.25, 0.3) is 6.08 Å². The van der Waals surface area contributed by atoms with Crippen LogP contribution in [-0.4, -0.2) is 39.3 Å². The maximum absolute atomic E-state index is 11.9. The Kier molecular flexibility index (Phi) is 5.63. The lowest BCUT2D eigenvalue weighted by molar-refractivity contribution is -0.117. The predicted octanol–water partition coefficient (Wildman–Crippen LogP) is 1.59. The first kappa shape index (κ1) is 15.4. The Morgan fingerprint density at radius 2 is 1.95 bits per heavy atom. The van der Waals surface area contributed by atoms with E-state index < -0.39 is 0 Å². The van der Waals surface area contributed by atoms with Gasteiger partial charge >= 0.3 is 0 Å². The fourth-order valence-corrected chi connectivity index (χ4v) is 2.34. The topological polar surface area (TPSA) is 59.6 Å². The van der Waals surface area contributed by atoms with Gasteiger partial charge in [0.25, 0.3) is 0 Å². The van der Waals surface area contributed by atoms with E-state index in [0.717, 1.165) is 31.5 Å². The van der Waals surface area contributed by atoms with E-state index in [1.165, 1.54) is 0 Å². The van der Waals surface area contributed by atoms with Crippen LogP contribution in [-0.2, 0) is 4.79 Å². The zero-order chi connectivity index (χ0) is 15.1. The zero-order valence-electron chi connectivity index (χ0n) is 12.5. The van der Waals surface area contributed by atoms with Gasteiger partial charge in [0.15, 0.2) is 11.5 Å². The van der Waals surface area contributed by atoms with Gasteiger partial charge in [-0.1, -0.05) is 6.07 Å². The standard InChI is InChI=1S/C16H22N2O3/c1-20-14-5-3-12(11-15(14)21-2)4-6-16(19)18-13-7-9-17-10-8-13/h3-6,11,13,17H,7-10H2,1-2H3,(H,18,19)/b6-4+. The highest BCUT2D eigenvalue weighted by Gasteiger charge is 2.13. The number of rotatable bonds is 5. The summed E-state index contributed by atoms with van der Waals surface area (Å²) in [5.41, 5.74) is 0.896. The lowest BCUT2D eigenvalue weighted by atomic mass is 10.1. The van der Waals surface area contributed by atoms with Crippen molar-refractivity contribution in [2.75, 3.05) is 27.3 Å². The fraction of sp³-hybridized carbons (Fsp3) is 0.438. The smallest absolute Gasteiger partial charge is 0.244 e. The Bertz CT molecular complexity index is 508. The molecule has 0 bridgehead atoms. The molecule has 0 unspecified atom stereocenters. The van der Waals surface area contributed by atoms with Gasteiger partial charge in [0.05, 0.1) is 14.2 Å². The number of carbonyl (C=O) groups excluding carboxylic acids is 1. The molecule has 2 rings (SSSR count). The highest BCUT2D eigenvalue weighted by atomic mass is 16.5. The minimum Gasteiger partial charge on any atom is -0.493 e. The molecule has 1 aromatic rings. The van der Waals surface area contributed by atoms with E-state index in [1.807, 2.05) is 18.2 Å². The van der Waals surface area contributed by atoms with Crippen LogP contribution in [0.2, 0.25) is 0 Å². The SMILES string of the molecule is COc1ccc(/C=C/C(=O)NC2CCNCC2)cc1OC. The third-order valence-electron chi connectivity index (χ3n) is 3.52. The van der Waals surface area contributed by atoms with Crippen LogP contribution in [0.4, 0.5) is 0 Å². The van der Waals surface area contributed by atoms with E-state index in [9.17, 15) is 4.79 Å². The molecule has 1 fully saturated rings. The Morgan fingerprint density at radius 3 is 2.62 bits per heavy atom. The number of methoxy groups -OCH3 is 2. The van der Waals surface area contributed by atoms with Gasteiger partial charge in [-0.25, -0.2) is 0 Å². The van der Waals surface area contributed by atoms with Crippen LogP contribution in [0.15, 0.2) is 24.3 Å². The summed E-state index contributed by atoms with van der Waals surface area (Å²) in [6.07, 6.45) is 5.30. The highest BCUT2D eigenvalue weighted by Crippen LogP contribution is 2.27. The van der Waals surface area contributed by atoms with E-state index in [0.29, 0.717) is 11.5 Å². The first-order valence-corrected chi connectivity index (χ1v) is 7.14. The molecule has 1 aliphatic heterocycles. The van der Waals surface area contributed by atoms with Gasteiger partial charge in [-0.2, -0.15) is 0 Å². The number of piperidine rings is 1. The van der Waals surface area contributed by atoms with Crippen LogP contribution in [0.3, 0.4) is 0 Å². The monoisotopic (exact) mass is 290 g/mol. The molecule has 0 aliphatic carbocycles. The van der Waals surface area contributed by atoms with Crippen molar-refractivity contribution < 1.29 is 14.3 Å². The van der Waals surface area contributed by atoms with Crippen LogP contribution in [0.1, 0.15) is 18.4 Å². The molecule has 5 nitrogen and oxygen atoms in total. The average molecular weight is 290 g/mol. The quantitative estimate of drug-likeness (QED) is 0.809. The lowest BCUT2D eigenvalue weighted by Gasteiger charge is -2.22. The summed E-state index contributed by atoms with van der Waals surface area (Å²) in [4.78, 5) is 11.9. The van der Waals surface area contributed by atoms with Gasteiger partial charge in [-0.05, 0) is 49.7 Å². The lowest BCUT2D eigenvalue weighted by Crippen LogP contribution is -2.42. The first-order valence-electron chi connectivity index (χ1n) is 7.14. The summed E-state index contributed by atoms with van der Waals surface area (Å²) in [6.45, 7) is 1.93. The van der Waals surface area contributed by atoms with Gasteiger partial charge in [0.2, 0.25) is 5.91 Å². The molecule has 1 saturated heterocycles. The largest absolute Gasteiger partial charge is 0.493 e. The summed E-state index contributed by atoms with van der Waals surface area (Å²) < 4.78 is 10.4. The maximum Gasteiger partial charge on any atom is 0.244 e. The van der Waals surface area contributed by atoms with Crippen LogP contribution in [0, 0.1) is 0 Å². The third-order valence-corrected chi connectivity index (χ3v) is 3.52. The molecule has 1 aliphatic rings. The fourth-order valence-electron chi connectivity index (χ4n) is 2.34. The van der Waals surface area contributed by atoms with Crippen molar-refractivity contribution in [2.24, 2.45) is 0 Å². The molecule has 0 spiro atoms. The van der Waals surface area contributed by atoms with E-state index in [4.69, 9.17) is 9.47 Å². The van der Waals surface area contributed by atoms with E-state index in [2.05, 4.69) is 10.6 Å². The first-order chi connectivity index (χ1) is 10.2. The number of nitrogens with one attached hydrogen (secondary N) is 2. The summed E-state index contributed by atoms with van der Waals surface area (Å²) in [5.74, 6) is 1.27. The summed E-state index contributed by atoms with van der Waals surface area (Å²) in [6, 6.07) is 5.82. The average Bonchev–Trinajstić information content (AvgIpc) is 2.53. The van der Waals surface area contributed by atoms with Gasteiger partial charge in [0, 0.05) is 12.1 Å². The van der Waals surface area contributed by atoms with Crippen molar-refractivity contribution in [3.05, 3.63) is 29.8 Å². The second-order valence-electron chi connectivity index (χ2n) is 4.98. The molecule has 0 atom stereocenters. The van der Waals surface area contributed by atoms with Gasteiger partial charge in [-0.3, -0.25) is 4.79 Å². The Balaban J connectivity index is 1.94. The number of benzene rings is 1. The van der Waals surface area contributed by atoms with Crippen molar-refractivity contribution >= 4 is 12.0 Å². The minimum absolute atomic E-state index is 0.0586. The van der Waals surface area contributed by atoms with Crippen molar-refractivity contribution in [1.82, 2.24) is 10.6 Å². The van der Waals surface area contributed by atoms with Crippen LogP contribution >= 0.6 is 0 Å². The summed E-state index contributed by atoms with van der Waals surface area (Å²) in [7, 11) is 3.19. The van der Waals surface area contributed by atoms with Gasteiger partial charge in [-0.15, -0.1) is 0 Å². The molecule has 0 saturated carbocycles. The van der Waals surface area contributed by atoms with Crippen molar-refractivity contribution in [3.8, 4) is 11.5 Å². The Labute approximate surface area is 125 Å². The molecule has 0 radical (unpaired) electrons. The molecule has 5 heteroatoms. The van der Waals surface area contributed by atoms with Crippen molar-refractivity contribution in [2.45, 2.75) is 18.9 Å². The molecule has 1 heterocycles. The number of hydrogen-bond donors (Lipinski definition) is 2. The Morgan fingerprint density at radius 1 is 1.24 bits per heavy atom. The molecule has 0 aromatic heterocycles. The molecule has 21 heavy (non-hydrogen) atoms. The van der Waals surface area contributed by atoms with Crippen molar-refractivity contribution in [1.29, 1.82) is 0 Å². The molecule has 1 amide bonds. The molecule has 1 aromatic carbocycles. The number of hydrogen-bond acceptors (Lipinski definition) is 4. The normalized spacial score (nSPS) is 15.9. The second-order valence-corrected chi connectivity index (χ2v) is 4.98. The summed E-state index contributed by atoms with van der Waals surface area (Å²) in [5, 5.41) is 6.29.